The second-order valence-electron chi connectivity index (χ2n) is 4.76. The molecule has 1 aromatic rings. The summed E-state index contributed by atoms with van der Waals surface area (Å²) in [7, 11) is 0. The van der Waals surface area contributed by atoms with Crippen LogP contribution in [0.25, 0.3) is 0 Å². The lowest BCUT2D eigenvalue weighted by Crippen LogP contribution is -2.16. The van der Waals surface area contributed by atoms with Crippen molar-refractivity contribution < 1.29 is 9.53 Å². The highest BCUT2D eigenvalue weighted by molar-refractivity contribution is 5.69. The standard InChI is InChI=1S/C12H18N4O2/c1-12(2,9-13)5-3-7-18-11(17)8-16-6-4-10(14)15-16/h4,6H,3,5,7-8H2,1-2H3,(H2,14,15). The Bertz CT molecular complexity index is 445. The maximum absolute atomic E-state index is 11.4. The summed E-state index contributed by atoms with van der Waals surface area (Å²) in [5, 5.41) is 12.7. The molecule has 0 bridgehead atoms. The summed E-state index contributed by atoms with van der Waals surface area (Å²) in [6, 6.07) is 3.82. The largest absolute Gasteiger partial charge is 0.464 e. The first kappa shape index (κ1) is 14.0. The van der Waals surface area contributed by atoms with Crippen molar-refractivity contribution >= 4 is 11.8 Å². The number of nitrogen functional groups attached to an aromatic ring is 1. The van der Waals surface area contributed by atoms with E-state index in [1.54, 1.807) is 12.3 Å². The van der Waals surface area contributed by atoms with Crippen molar-refractivity contribution in [3.63, 3.8) is 0 Å². The third kappa shape index (κ3) is 4.87. The highest BCUT2D eigenvalue weighted by Gasteiger charge is 2.16. The minimum atomic E-state index is -0.372. The molecule has 6 nitrogen and oxygen atoms in total. The molecule has 0 aliphatic heterocycles. The number of hydrogen-bond acceptors (Lipinski definition) is 5. The predicted molar refractivity (Wildman–Crippen MR) is 66.2 cm³/mol. The lowest BCUT2D eigenvalue weighted by atomic mass is 9.90. The van der Waals surface area contributed by atoms with Crippen molar-refractivity contribution in [1.82, 2.24) is 9.78 Å². The first-order valence-electron chi connectivity index (χ1n) is 5.79. The highest BCUT2D eigenvalue weighted by Crippen LogP contribution is 2.20. The van der Waals surface area contributed by atoms with Crippen molar-refractivity contribution in [3.05, 3.63) is 12.3 Å². The van der Waals surface area contributed by atoms with Gasteiger partial charge in [0, 0.05) is 6.20 Å². The maximum atomic E-state index is 11.4. The molecular formula is C12H18N4O2. The molecule has 98 valence electrons. The van der Waals surface area contributed by atoms with E-state index in [2.05, 4.69) is 11.2 Å². The Morgan fingerprint density at radius 1 is 1.67 bits per heavy atom. The van der Waals surface area contributed by atoms with Gasteiger partial charge in [0.05, 0.1) is 18.1 Å². The molecule has 2 N–H and O–H groups in total. The van der Waals surface area contributed by atoms with E-state index < -0.39 is 0 Å². The first-order valence-corrected chi connectivity index (χ1v) is 5.79. The zero-order chi connectivity index (χ0) is 13.6. The van der Waals surface area contributed by atoms with Crippen molar-refractivity contribution in [2.24, 2.45) is 5.41 Å². The summed E-state index contributed by atoms with van der Waals surface area (Å²) in [5.41, 5.74) is 5.05. The Balaban J connectivity index is 2.20. The molecule has 18 heavy (non-hydrogen) atoms. The molecule has 0 radical (unpaired) electrons. The SMILES string of the molecule is CC(C)(C#N)CCCOC(=O)Cn1ccc(N)n1. The molecular weight excluding hydrogens is 232 g/mol. The quantitative estimate of drug-likeness (QED) is 0.607. The van der Waals surface area contributed by atoms with Gasteiger partial charge < -0.3 is 10.5 Å². The van der Waals surface area contributed by atoms with E-state index in [0.29, 0.717) is 25.3 Å². The van der Waals surface area contributed by atoms with E-state index in [1.165, 1.54) is 4.68 Å². The van der Waals surface area contributed by atoms with Crippen LogP contribution in [0, 0.1) is 16.7 Å². The maximum Gasteiger partial charge on any atom is 0.327 e. The fourth-order valence-corrected chi connectivity index (χ4v) is 1.40. The molecule has 0 saturated carbocycles. The summed E-state index contributed by atoms with van der Waals surface area (Å²) in [6.45, 7) is 4.10. The zero-order valence-electron chi connectivity index (χ0n) is 10.7. The number of rotatable bonds is 6. The molecule has 0 aromatic carbocycles. The van der Waals surface area contributed by atoms with Gasteiger partial charge in [-0.2, -0.15) is 10.4 Å². The van der Waals surface area contributed by atoms with Crippen LogP contribution in [-0.4, -0.2) is 22.4 Å². The van der Waals surface area contributed by atoms with Gasteiger partial charge in [-0.15, -0.1) is 0 Å². The van der Waals surface area contributed by atoms with E-state index >= 15 is 0 Å². The Morgan fingerprint density at radius 2 is 2.39 bits per heavy atom. The normalized spacial score (nSPS) is 10.9. The van der Waals surface area contributed by atoms with Crippen LogP contribution in [0.4, 0.5) is 5.82 Å². The van der Waals surface area contributed by atoms with Gasteiger partial charge >= 0.3 is 5.97 Å². The molecule has 0 amide bonds. The number of nitriles is 1. The number of anilines is 1. The third-order valence-electron chi connectivity index (χ3n) is 2.46. The Labute approximate surface area is 106 Å². The van der Waals surface area contributed by atoms with Crippen LogP contribution >= 0.6 is 0 Å². The molecule has 0 fully saturated rings. The van der Waals surface area contributed by atoms with Crippen LogP contribution in [-0.2, 0) is 16.1 Å². The molecule has 0 spiro atoms. The van der Waals surface area contributed by atoms with Crippen LogP contribution in [0.2, 0.25) is 0 Å². The molecule has 0 aliphatic carbocycles. The smallest absolute Gasteiger partial charge is 0.327 e. The Hall–Kier alpha value is -2.03. The number of esters is 1. The van der Waals surface area contributed by atoms with E-state index in [9.17, 15) is 4.79 Å². The number of nitrogens with zero attached hydrogens (tertiary/aromatic N) is 3. The van der Waals surface area contributed by atoms with Crippen molar-refractivity contribution in [2.75, 3.05) is 12.3 Å². The molecule has 1 heterocycles. The number of nitrogens with two attached hydrogens (primary N) is 1. The third-order valence-corrected chi connectivity index (χ3v) is 2.46. The number of aromatic nitrogens is 2. The lowest BCUT2D eigenvalue weighted by Gasteiger charge is -2.14. The topological polar surface area (TPSA) is 93.9 Å². The summed E-state index contributed by atoms with van der Waals surface area (Å²) in [4.78, 5) is 11.4. The fourth-order valence-electron chi connectivity index (χ4n) is 1.40. The van der Waals surface area contributed by atoms with Crippen LogP contribution < -0.4 is 5.73 Å². The number of carbonyl (C=O) groups is 1. The zero-order valence-corrected chi connectivity index (χ0v) is 10.7. The first-order chi connectivity index (χ1) is 8.43. The molecule has 6 heteroatoms. The van der Waals surface area contributed by atoms with Crippen molar-refractivity contribution in [1.29, 1.82) is 5.26 Å². The van der Waals surface area contributed by atoms with Gasteiger partial charge in [-0.1, -0.05) is 0 Å². The second-order valence-corrected chi connectivity index (χ2v) is 4.76. The summed E-state index contributed by atoms with van der Waals surface area (Å²) in [5.74, 6) is 0.0198. The van der Waals surface area contributed by atoms with Gasteiger partial charge in [0.15, 0.2) is 0 Å². The van der Waals surface area contributed by atoms with E-state index in [0.717, 1.165) is 0 Å². The lowest BCUT2D eigenvalue weighted by molar-refractivity contribution is -0.144. The second kappa shape index (κ2) is 6.05. The van der Waals surface area contributed by atoms with Gasteiger partial charge in [-0.3, -0.25) is 9.48 Å². The summed E-state index contributed by atoms with van der Waals surface area (Å²) < 4.78 is 6.47. The average molecular weight is 250 g/mol. The summed E-state index contributed by atoms with van der Waals surface area (Å²) in [6.07, 6.45) is 2.99. The van der Waals surface area contributed by atoms with E-state index in [-0.39, 0.29) is 17.9 Å². The van der Waals surface area contributed by atoms with Crippen LogP contribution in [0.1, 0.15) is 26.7 Å². The minimum Gasteiger partial charge on any atom is -0.464 e. The number of hydrogen-bond donors (Lipinski definition) is 1. The molecule has 0 unspecified atom stereocenters. The number of ether oxygens (including phenoxy) is 1. The molecule has 0 saturated heterocycles. The average Bonchev–Trinajstić information content (AvgIpc) is 2.70. The van der Waals surface area contributed by atoms with Gasteiger partial charge in [0.1, 0.15) is 12.4 Å². The Morgan fingerprint density at radius 3 is 2.94 bits per heavy atom. The van der Waals surface area contributed by atoms with Gasteiger partial charge in [-0.25, -0.2) is 0 Å². The van der Waals surface area contributed by atoms with Crippen molar-refractivity contribution in [3.8, 4) is 6.07 Å². The highest BCUT2D eigenvalue weighted by atomic mass is 16.5. The predicted octanol–water partition coefficient (Wildman–Crippen LogP) is 1.34. The minimum absolute atomic E-state index is 0.0544. The van der Waals surface area contributed by atoms with Crippen molar-refractivity contribution in [2.45, 2.75) is 33.2 Å². The van der Waals surface area contributed by atoms with Crippen LogP contribution in [0.15, 0.2) is 12.3 Å². The Kier molecular flexibility index (Phi) is 4.72. The van der Waals surface area contributed by atoms with Gasteiger partial charge in [0.2, 0.25) is 0 Å². The summed E-state index contributed by atoms with van der Waals surface area (Å²) >= 11 is 0. The molecule has 0 aliphatic rings. The van der Waals surface area contributed by atoms with E-state index in [4.69, 9.17) is 15.7 Å². The molecule has 1 rings (SSSR count). The van der Waals surface area contributed by atoms with E-state index in [1.807, 2.05) is 13.8 Å². The number of carbonyl (C=O) groups excluding carboxylic acids is 1. The fraction of sp³-hybridized carbons (Fsp3) is 0.583. The molecule has 0 atom stereocenters. The van der Waals surface area contributed by atoms with Gasteiger partial charge in [0.25, 0.3) is 0 Å². The van der Waals surface area contributed by atoms with Crippen LogP contribution in [0.3, 0.4) is 0 Å². The monoisotopic (exact) mass is 250 g/mol. The van der Waals surface area contributed by atoms with Gasteiger partial charge in [-0.05, 0) is 32.8 Å². The van der Waals surface area contributed by atoms with Crippen LogP contribution in [0.5, 0.6) is 0 Å². The molecule has 1 aromatic heterocycles.